The number of aryl methyl sites for hydroxylation is 1. The standard InChI is InChI=1S/C21H20N2O3S/c1-5-11-23-17-10-7-14(6-2)12-19(17)27-21(23)22-20(24)16-9-8-15(25-3)13-18(16)26-4/h1,7-10,12-13H,6,11H2,2-4H3. The summed E-state index contributed by atoms with van der Waals surface area (Å²) >= 11 is 1.45. The number of carbonyl (C=O) groups is 1. The van der Waals surface area contributed by atoms with Crippen molar-refractivity contribution in [2.45, 2.75) is 19.9 Å². The van der Waals surface area contributed by atoms with Crippen LogP contribution in [0.4, 0.5) is 0 Å². The van der Waals surface area contributed by atoms with Crippen LogP contribution in [0, 0.1) is 12.3 Å². The highest BCUT2D eigenvalue weighted by atomic mass is 32.1. The highest BCUT2D eigenvalue weighted by Crippen LogP contribution is 2.25. The molecule has 0 atom stereocenters. The van der Waals surface area contributed by atoms with E-state index in [0.717, 1.165) is 16.6 Å². The zero-order chi connectivity index (χ0) is 19.4. The van der Waals surface area contributed by atoms with E-state index in [1.165, 1.54) is 24.0 Å². The van der Waals surface area contributed by atoms with Gasteiger partial charge in [0.1, 0.15) is 11.5 Å². The fourth-order valence-electron chi connectivity index (χ4n) is 2.79. The first kappa shape index (κ1) is 18.7. The average molecular weight is 380 g/mol. The average Bonchev–Trinajstić information content (AvgIpc) is 3.03. The third-order valence-electron chi connectivity index (χ3n) is 4.24. The molecule has 0 N–H and O–H groups in total. The largest absolute Gasteiger partial charge is 0.497 e. The molecule has 0 aliphatic rings. The topological polar surface area (TPSA) is 52.8 Å². The van der Waals surface area contributed by atoms with Gasteiger partial charge in [0, 0.05) is 6.07 Å². The van der Waals surface area contributed by atoms with E-state index in [9.17, 15) is 4.79 Å². The first-order valence-corrected chi connectivity index (χ1v) is 9.29. The minimum absolute atomic E-state index is 0.345. The van der Waals surface area contributed by atoms with Gasteiger partial charge in [0.15, 0.2) is 4.80 Å². The van der Waals surface area contributed by atoms with Crippen LogP contribution in [0.2, 0.25) is 0 Å². The Morgan fingerprint density at radius 3 is 2.70 bits per heavy atom. The maximum Gasteiger partial charge on any atom is 0.283 e. The highest BCUT2D eigenvalue weighted by molar-refractivity contribution is 7.16. The van der Waals surface area contributed by atoms with Gasteiger partial charge >= 0.3 is 0 Å². The Morgan fingerprint density at radius 1 is 1.22 bits per heavy atom. The molecule has 0 fully saturated rings. The number of carbonyl (C=O) groups excluding carboxylic acids is 1. The van der Waals surface area contributed by atoms with Crippen LogP contribution >= 0.6 is 11.3 Å². The van der Waals surface area contributed by atoms with Crippen molar-refractivity contribution < 1.29 is 14.3 Å². The molecule has 0 bridgehead atoms. The van der Waals surface area contributed by atoms with Crippen LogP contribution in [0.3, 0.4) is 0 Å². The summed E-state index contributed by atoms with van der Waals surface area (Å²) in [4.78, 5) is 17.7. The Morgan fingerprint density at radius 2 is 2.04 bits per heavy atom. The van der Waals surface area contributed by atoms with E-state index in [0.29, 0.717) is 28.4 Å². The summed E-state index contributed by atoms with van der Waals surface area (Å²) in [6.45, 7) is 2.45. The second-order valence-corrected chi connectivity index (χ2v) is 6.82. The van der Waals surface area contributed by atoms with E-state index in [4.69, 9.17) is 15.9 Å². The lowest BCUT2D eigenvalue weighted by molar-refractivity contribution is 0.0995. The fourth-order valence-corrected chi connectivity index (χ4v) is 3.88. The monoisotopic (exact) mass is 380 g/mol. The summed E-state index contributed by atoms with van der Waals surface area (Å²) in [6, 6.07) is 11.2. The number of methoxy groups -OCH3 is 2. The molecule has 27 heavy (non-hydrogen) atoms. The number of rotatable bonds is 5. The second kappa shape index (κ2) is 8.11. The summed E-state index contributed by atoms with van der Waals surface area (Å²) in [5.41, 5.74) is 2.58. The number of fused-ring (bicyclic) bond motifs is 1. The molecule has 5 nitrogen and oxygen atoms in total. The highest BCUT2D eigenvalue weighted by Gasteiger charge is 2.14. The first-order valence-electron chi connectivity index (χ1n) is 8.48. The zero-order valence-corrected chi connectivity index (χ0v) is 16.3. The number of aromatic nitrogens is 1. The summed E-state index contributed by atoms with van der Waals surface area (Å²) in [5, 5.41) is 0. The van der Waals surface area contributed by atoms with Crippen LogP contribution in [-0.4, -0.2) is 24.7 Å². The second-order valence-electron chi connectivity index (χ2n) is 5.81. The number of hydrogen-bond acceptors (Lipinski definition) is 4. The van der Waals surface area contributed by atoms with Crippen LogP contribution in [0.1, 0.15) is 22.8 Å². The summed E-state index contributed by atoms with van der Waals surface area (Å²) < 4.78 is 13.4. The molecule has 0 aliphatic carbocycles. The van der Waals surface area contributed by atoms with Gasteiger partial charge < -0.3 is 14.0 Å². The number of terminal acetylenes is 1. The van der Waals surface area contributed by atoms with Crippen molar-refractivity contribution in [2.75, 3.05) is 14.2 Å². The van der Waals surface area contributed by atoms with E-state index in [-0.39, 0.29) is 5.91 Å². The van der Waals surface area contributed by atoms with Gasteiger partial charge in [0.2, 0.25) is 0 Å². The lowest BCUT2D eigenvalue weighted by Gasteiger charge is -2.07. The van der Waals surface area contributed by atoms with E-state index >= 15 is 0 Å². The maximum atomic E-state index is 12.8. The molecule has 1 heterocycles. The van der Waals surface area contributed by atoms with Crippen molar-refractivity contribution in [1.82, 2.24) is 4.57 Å². The number of hydrogen-bond donors (Lipinski definition) is 0. The third kappa shape index (κ3) is 3.74. The molecule has 1 amide bonds. The van der Waals surface area contributed by atoms with Crippen LogP contribution in [0.5, 0.6) is 11.5 Å². The molecule has 6 heteroatoms. The molecular weight excluding hydrogens is 360 g/mol. The number of benzene rings is 2. The van der Waals surface area contributed by atoms with Gasteiger partial charge in [0.05, 0.1) is 36.5 Å². The Labute approximate surface area is 161 Å². The molecule has 0 saturated heterocycles. The van der Waals surface area contributed by atoms with Crippen molar-refractivity contribution in [2.24, 2.45) is 4.99 Å². The van der Waals surface area contributed by atoms with Gasteiger partial charge in [-0.2, -0.15) is 4.99 Å². The zero-order valence-electron chi connectivity index (χ0n) is 15.5. The third-order valence-corrected chi connectivity index (χ3v) is 5.28. The van der Waals surface area contributed by atoms with Crippen molar-refractivity contribution in [3.63, 3.8) is 0 Å². The van der Waals surface area contributed by atoms with E-state index < -0.39 is 0 Å². The predicted molar refractivity (Wildman–Crippen MR) is 107 cm³/mol. The number of thiazole rings is 1. The first-order chi connectivity index (χ1) is 13.1. The Bertz CT molecular complexity index is 1100. The summed E-state index contributed by atoms with van der Waals surface area (Å²) in [7, 11) is 3.07. The fraction of sp³-hybridized carbons (Fsp3) is 0.238. The van der Waals surface area contributed by atoms with Crippen molar-refractivity contribution in [3.05, 3.63) is 52.3 Å². The number of amides is 1. The van der Waals surface area contributed by atoms with Crippen LogP contribution in [0.25, 0.3) is 10.2 Å². The van der Waals surface area contributed by atoms with Crippen LogP contribution in [0.15, 0.2) is 41.4 Å². The van der Waals surface area contributed by atoms with Gasteiger partial charge in [-0.05, 0) is 36.2 Å². The minimum atomic E-state index is -0.387. The van der Waals surface area contributed by atoms with E-state index in [2.05, 4.69) is 30.0 Å². The van der Waals surface area contributed by atoms with Gasteiger partial charge in [-0.3, -0.25) is 4.79 Å². The van der Waals surface area contributed by atoms with E-state index in [1.807, 2.05) is 10.6 Å². The smallest absolute Gasteiger partial charge is 0.283 e. The molecule has 0 radical (unpaired) electrons. The maximum absolute atomic E-state index is 12.8. The van der Waals surface area contributed by atoms with Gasteiger partial charge in [-0.15, -0.1) is 6.42 Å². The SMILES string of the molecule is C#CCn1c(=NC(=O)c2ccc(OC)cc2OC)sc2cc(CC)ccc21. The van der Waals surface area contributed by atoms with Crippen molar-refractivity contribution in [3.8, 4) is 23.8 Å². The minimum Gasteiger partial charge on any atom is -0.497 e. The number of nitrogens with zero attached hydrogens (tertiary/aromatic N) is 2. The molecular formula is C21H20N2O3S. The van der Waals surface area contributed by atoms with E-state index in [1.54, 1.807) is 25.3 Å². The lowest BCUT2D eigenvalue weighted by atomic mass is 10.2. The van der Waals surface area contributed by atoms with Crippen LogP contribution < -0.4 is 14.3 Å². The Hall–Kier alpha value is -3.04. The lowest BCUT2D eigenvalue weighted by Crippen LogP contribution is -2.16. The molecule has 2 aromatic carbocycles. The predicted octanol–water partition coefficient (Wildman–Crippen LogP) is 3.66. The summed E-state index contributed by atoms with van der Waals surface area (Å²) in [6.07, 6.45) is 6.47. The molecule has 0 aliphatic heterocycles. The molecule has 1 aromatic heterocycles. The van der Waals surface area contributed by atoms with Gasteiger partial charge in [0.25, 0.3) is 5.91 Å². The van der Waals surface area contributed by atoms with Gasteiger partial charge in [-0.1, -0.05) is 30.2 Å². The Balaban J connectivity index is 2.13. The molecule has 0 unspecified atom stereocenters. The van der Waals surface area contributed by atoms with Crippen molar-refractivity contribution >= 4 is 27.5 Å². The summed E-state index contributed by atoms with van der Waals surface area (Å²) in [5.74, 6) is 3.28. The van der Waals surface area contributed by atoms with Gasteiger partial charge in [-0.25, -0.2) is 0 Å². The number of ether oxygens (including phenoxy) is 2. The normalized spacial score (nSPS) is 11.4. The van der Waals surface area contributed by atoms with Crippen LogP contribution in [-0.2, 0) is 13.0 Å². The quantitative estimate of drug-likeness (QED) is 0.635. The molecule has 0 saturated carbocycles. The molecule has 0 spiro atoms. The molecule has 3 aromatic rings. The molecule has 3 rings (SSSR count). The van der Waals surface area contributed by atoms with Crippen molar-refractivity contribution in [1.29, 1.82) is 0 Å². The molecule has 138 valence electrons. The Kier molecular flexibility index (Phi) is 5.63.